The highest BCUT2D eigenvalue weighted by Gasteiger charge is 2.74. The number of ether oxygens (including phenoxy) is 8. The van der Waals surface area contributed by atoms with Crippen LogP contribution in [-0.4, -0.2) is 216 Å². The van der Waals surface area contributed by atoms with E-state index in [1.165, 1.54) is 0 Å². The highest BCUT2D eigenvalue weighted by atomic mass is 16.8. The fourth-order valence-corrected chi connectivity index (χ4v) is 16.2. The van der Waals surface area contributed by atoms with Crippen LogP contribution in [0.25, 0.3) is 0 Å². The lowest BCUT2D eigenvalue weighted by molar-refractivity contribution is -0.387. The monoisotopic (exact) mass is 1140 g/mol. The van der Waals surface area contributed by atoms with Crippen LogP contribution in [-0.2, 0) is 52.3 Å². The number of hydrogen-bond acceptors (Lipinski definition) is 22. The van der Waals surface area contributed by atoms with Gasteiger partial charge in [-0.3, -0.25) is 0 Å². The molecular formula is C57H88O23. The molecule has 23 heteroatoms. The van der Waals surface area contributed by atoms with Crippen molar-refractivity contribution in [1.82, 2.24) is 0 Å². The molecule has 3 aliphatic heterocycles. The Labute approximate surface area is 466 Å². The third-order valence-corrected chi connectivity index (χ3v) is 21.4. The number of aliphatic hydroxyl groups is 11. The van der Waals surface area contributed by atoms with Gasteiger partial charge >= 0.3 is 17.9 Å². The van der Waals surface area contributed by atoms with Crippen molar-refractivity contribution in [3.05, 3.63) is 34.9 Å². The summed E-state index contributed by atoms with van der Waals surface area (Å²) in [6, 6.07) is 0. The number of rotatable bonds is 15. The average molecular weight is 1140 g/mol. The zero-order valence-electron chi connectivity index (χ0n) is 47.5. The Hall–Kier alpha value is -3.05. The molecule has 26 atom stereocenters. The number of esters is 2. The van der Waals surface area contributed by atoms with Gasteiger partial charge in [0.15, 0.2) is 31.1 Å². The summed E-state index contributed by atoms with van der Waals surface area (Å²) in [6.45, 7) is 16.4. The van der Waals surface area contributed by atoms with E-state index in [1.807, 2.05) is 20.8 Å². The molecule has 3 saturated heterocycles. The number of carboxylic acid groups (broad SMARTS) is 1. The second-order valence-corrected chi connectivity index (χ2v) is 25.8. The Bertz CT molecular complexity index is 2380. The van der Waals surface area contributed by atoms with E-state index in [2.05, 4.69) is 26.8 Å². The van der Waals surface area contributed by atoms with Gasteiger partial charge in [0.05, 0.1) is 44.1 Å². The van der Waals surface area contributed by atoms with Gasteiger partial charge in [-0.2, -0.15) is 0 Å². The highest BCUT2D eigenvalue weighted by Crippen LogP contribution is 2.76. The molecule has 5 aliphatic carbocycles. The molecule has 0 spiro atoms. The fraction of sp³-hybridized carbons (Fsp3) is 0.842. The van der Waals surface area contributed by atoms with Crippen molar-refractivity contribution in [3.63, 3.8) is 0 Å². The maximum atomic E-state index is 13.8. The third kappa shape index (κ3) is 9.95. The average Bonchev–Trinajstić information content (AvgIpc) is 3.83. The number of carbonyl (C=O) groups is 3. The standard InChI is InChI=1S/C57H88O23/c1-11-25(3)47(71)79-44-45(80-48(72)26(4)12-2)57(24-61)28(19-52(44,5)6)27-13-14-32-53(7)17-16-34(54(8,23-60)31(53)15-18-55(32,9)56(27,10)20-33(57)62)75-51-43(78-50-39(67)37(65)35(63)29(21-58)73-50)41(40(68)42(77-51)46(69)70)76-49-38(66)36(64)30(22-59)74-49/h11-13,28-45,49-51,58-68H,14-24H2,1-10H3,(H,69,70)/b25-11-,26-12-/t28-,29+,30-,31?,32+,33+,34-,35+,36-,37-,38+,39+,40-,41-,42-,43+,44-,45-,49-,50-,51+,53-,54+,55+,56+,57-/m0/s1. The van der Waals surface area contributed by atoms with Crippen LogP contribution in [0.3, 0.4) is 0 Å². The smallest absolute Gasteiger partial charge is 0.335 e. The van der Waals surface area contributed by atoms with E-state index in [4.69, 9.17) is 37.9 Å². The first-order valence-electron chi connectivity index (χ1n) is 28.2. The van der Waals surface area contributed by atoms with E-state index in [0.29, 0.717) is 43.3 Å². The molecule has 12 N–H and O–H groups in total. The van der Waals surface area contributed by atoms with Crippen LogP contribution in [0, 0.1) is 50.2 Å². The Balaban J connectivity index is 1.14. The first kappa shape index (κ1) is 63.0. The van der Waals surface area contributed by atoms with Crippen LogP contribution in [0.15, 0.2) is 34.9 Å². The molecule has 0 aromatic rings. The number of hydrogen-bond donors (Lipinski definition) is 12. The molecule has 0 radical (unpaired) electrons. The van der Waals surface area contributed by atoms with Gasteiger partial charge in [-0.1, -0.05) is 65.3 Å². The van der Waals surface area contributed by atoms with Gasteiger partial charge in [-0.15, -0.1) is 0 Å². The number of aliphatic carboxylic acids is 1. The largest absolute Gasteiger partial charge is 0.479 e. The van der Waals surface area contributed by atoms with Crippen LogP contribution in [0.2, 0.25) is 0 Å². The van der Waals surface area contributed by atoms with Crippen molar-refractivity contribution in [2.24, 2.45) is 50.2 Å². The summed E-state index contributed by atoms with van der Waals surface area (Å²) in [6.07, 6.45) is -21.9. The Morgan fingerprint density at radius 3 is 1.73 bits per heavy atom. The number of carboxylic acids is 1. The second kappa shape index (κ2) is 23.1. The first-order chi connectivity index (χ1) is 37.5. The summed E-state index contributed by atoms with van der Waals surface area (Å²) >= 11 is 0. The lowest BCUT2D eigenvalue weighted by Crippen LogP contribution is -2.72. The molecule has 8 rings (SSSR count). The minimum absolute atomic E-state index is 0.0864. The molecule has 0 aromatic carbocycles. The molecule has 454 valence electrons. The van der Waals surface area contributed by atoms with Gasteiger partial charge in [-0.25, -0.2) is 14.4 Å². The predicted octanol–water partition coefficient (Wildman–Crippen LogP) is 0.264. The van der Waals surface area contributed by atoms with Gasteiger partial charge in [0.1, 0.15) is 67.1 Å². The first-order valence-corrected chi connectivity index (χ1v) is 28.2. The Morgan fingerprint density at radius 2 is 1.19 bits per heavy atom. The number of carbonyl (C=O) groups excluding carboxylic acids is 2. The second-order valence-electron chi connectivity index (χ2n) is 25.8. The third-order valence-electron chi connectivity index (χ3n) is 21.4. The molecular weight excluding hydrogens is 1050 g/mol. The number of aliphatic hydroxyl groups excluding tert-OH is 11. The lowest BCUT2D eigenvalue weighted by atomic mass is 9.33. The van der Waals surface area contributed by atoms with Crippen molar-refractivity contribution in [1.29, 1.82) is 0 Å². The van der Waals surface area contributed by atoms with Crippen molar-refractivity contribution < 1.29 is 114 Å². The Kier molecular flexibility index (Phi) is 18.2. The molecule has 0 aromatic heterocycles. The van der Waals surface area contributed by atoms with Crippen molar-refractivity contribution in [2.45, 2.75) is 225 Å². The molecule has 0 amide bonds. The minimum atomic E-state index is -2.15. The molecule has 80 heavy (non-hydrogen) atoms. The topological polar surface area (TPSA) is 368 Å². The van der Waals surface area contributed by atoms with Gasteiger partial charge in [-0.05, 0) is 107 Å². The minimum Gasteiger partial charge on any atom is -0.479 e. The highest BCUT2D eigenvalue weighted by molar-refractivity contribution is 5.89. The van der Waals surface area contributed by atoms with Gasteiger partial charge in [0, 0.05) is 22.0 Å². The van der Waals surface area contributed by atoms with Gasteiger partial charge in [0.2, 0.25) is 0 Å². The molecule has 4 saturated carbocycles. The van der Waals surface area contributed by atoms with E-state index >= 15 is 0 Å². The molecule has 8 aliphatic rings. The van der Waals surface area contributed by atoms with Crippen LogP contribution in [0.1, 0.15) is 114 Å². The molecule has 3 heterocycles. The van der Waals surface area contributed by atoms with Crippen molar-refractivity contribution in [3.8, 4) is 0 Å². The van der Waals surface area contributed by atoms with E-state index < -0.39 is 193 Å². The summed E-state index contributed by atoms with van der Waals surface area (Å²) in [5.41, 5.74) is -3.55. The van der Waals surface area contributed by atoms with E-state index in [9.17, 15) is 75.7 Å². The maximum absolute atomic E-state index is 13.8. The normalized spacial score (nSPS) is 49.3. The van der Waals surface area contributed by atoms with Gasteiger partial charge < -0.3 is 99.2 Å². The van der Waals surface area contributed by atoms with Crippen molar-refractivity contribution >= 4 is 17.9 Å². The zero-order valence-corrected chi connectivity index (χ0v) is 47.5. The van der Waals surface area contributed by atoms with Crippen LogP contribution in [0.5, 0.6) is 0 Å². The van der Waals surface area contributed by atoms with E-state index in [1.54, 1.807) is 39.8 Å². The SMILES string of the molecule is C/C=C(/C)C(=O)O[C@H]1[C@H](OC(=O)/C(C)=C\C)[C@]2(CO)[C@H](O)C[C@]3(C)C(=CC[C@@H]4[C@@]5(C)CC[C@H](O[C@@H]6O[C@H](C(=O)O)[C@@H](O)[C@H](O[C@@H]7O[C@@H](CO)[C@H](O)[C@H]7O)[C@H]6O[C@@H]6O[C@H](CO)[C@@H](O)[C@H](O)[C@H]6O)[C@](C)(CO)C5CC[C@]43C)[C@@H]2CC1(C)C. The van der Waals surface area contributed by atoms with Crippen LogP contribution in [0.4, 0.5) is 0 Å². The summed E-state index contributed by atoms with van der Waals surface area (Å²) in [7, 11) is 0. The maximum Gasteiger partial charge on any atom is 0.335 e. The summed E-state index contributed by atoms with van der Waals surface area (Å²) in [5.74, 6) is -3.87. The summed E-state index contributed by atoms with van der Waals surface area (Å²) in [5, 5.41) is 133. The van der Waals surface area contributed by atoms with E-state index in [0.717, 1.165) is 5.57 Å². The quantitative estimate of drug-likeness (QED) is 0.0453. The molecule has 23 nitrogen and oxygen atoms in total. The molecule has 1 unspecified atom stereocenters. The lowest BCUT2D eigenvalue weighted by Gasteiger charge is -2.72. The molecule has 0 bridgehead atoms. The van der Waals surface area contributed by atoms with E-state index in [-0.39, 0.29) is 24.7 Å². The van der Waals surface area contributed by atoms with Gasteiger partial charge in [0.25, 0.3) is 0 Å². The Morgan fingerprint density at radius 1 is 0.637 bits per heavy atom. The fourth-order valence-electron chi connectivity index (χ4n) is 16.2. The molecule has 7 fully saturated rings. The summed E-state index contributed by atoms with van der Waals surface area (Å²) in [4.78, 5) is 40.3. The number of allylic oxidation sites excluding steroid dienone is 4. The predicted molar refractivity (Wildman–Crippen MR) is 277 cm³/mol. The van der Waals surface area contributed by atoms with Crippen LogP contribution < -0.4 is 0 Å². The van der Waals surface area contributed by atoms with Crippen LogP contribution >= 0.6 is 0 Å². The summed E-state index contributed by atoms with van der Waals surface area (Å²) < 4.78 is 49.0. The zero-order chi connectivity index (χ0) is 59.1. The number of fused-ring (bicyclic) bond motifs is 7. The van der Waals surface area contributed by atoms with Crippen molar-refractivity contribution in [2.75, 3.05) is 26.4 Å².